The SMILES string of the molecule is OC1CCCCCC1NC1CC(c2cccc(Cl)c2)C1. The number of hydrogen-bond acceptors (Lipinski definition) is 2. The number of rotatable bonds is 3. The first kappa shape index (κ1) is 14.4. The number of aliphatic hydroxyl groups is 1. The van der Waals surface area contributed by atoms with Gasteiger partial charge in [-0.25, -0.2) is 0 Å². The van der Waals surface area contributed by atoms with Crippen LogP contribution >= 0.6 is 11.6 Å². The summed E-state index contributed by atoms with van der Waals surface area (Å²) in [6.07, 6.45) is 7.97. The van der Waals surface area contributed by atoms with Gasteiger partial charge in [-0.15, -0.1) is 0 Å². The van der Waals surface area contributed by atoms with Crippen molar-refractivity contribution in [3.8, 4) is 0 Å². The molecule has 2 nitrogen and oxygen atoms in total. The largest absolute Gasteiger partial charge is 0.392 e. The third-order valence-electron chi connectivity index (χ3n) is 4.89. The lowest BCUT2D eigenvalue weighted by Crippen LogP contribution is -2.49. The Hall–Kier alpha value is -0.570. The Morgan fingerprint density at radius 2 is 1.90 bits per heavy atom. The van der Waals surface area contributed by atoms with Crippen LogP contribution in [0.3, 0.4) is 0 Å². The van der Waals surface area contributed by atoms with Gasteiger partial charge in [-0.1, -0.05) is 43.0 Å². The summed E-state index contributed by atoms with van der Waals surface area (Å²) >= 11 is 6.05. The maximum Gasteiger partial charge on any atom is 0.0693 e. The predicted octanol–water partition coefficient (Wildman–Crippen LogP) is 3.87. The normalized spacial score (nSPS) is 34.3. The predicted molar refractivity (Wildman–Crippen MR) is 83.2 cm³/mol. The van der Waals surface area contributed by atoms with Crippen LogP contribution in [0.1, 0.15) is 56.4 Å². The van der Waals surface area contributed by atoms with E-state index >= 15 is 0 Å². The van der Waals surface area contributed by atoms with Crippen LogP contribution in [0.5, 0.6) is 0 Å². The summed E-state index contributed by atoms with van der Waals surface area (Å²) in [4.78, 5) is 0. The molecular formula is C17H24ClNO. The van der Waals surface area contributed by atoms with Crippen LogP contribution in [0.15, 0.2) is 24.3 Å². The first-order valence-electron chi connectivity index (χ1n) is 7.92. The van der Waals surface area contributed by atoms with Gasteiger partial charge in [0.2, 0.25) is 0 Å². The molecule has 2 aliphatic carbocycles. The van der Waals surface area contributed by atoms with Crippen molar-refractivity contribution in [1.29, 1.82) is 0 Å². The highest BCUT2D eigenvalue weighted by Gasteiger charge is 2.33. The first-order valence-corrected chi connectivity index (χ1v) is 8.30. The average Bonchev–Trinajstić information content (AvgIpc) is 2.58. The zero-order chi connectivity index (χ0) is 13.9. The number of aliphatic hydroxyl groups excluding tert-OH is 1. The van der Waals surface area contributed by atoms with Crippen molar-refractivity contribution in [3.05, 3.63) is 34.9 Å². The lowest BCUT2D eigenvalue weighted by Gasteiger charge is -2.39. The van der Waals surface area contributed by atoms with Gasteiger partial charge in [0.1, 0.15) is 0 Å². The van der Waals surface area contributed by atoms with Crippen LogP contribution in [-0.2, 0) is 0 Å². The molecule has 110 valence electrons. The molecule has 0 saturated heterocycles. The lowest BCUT2D eigenvalue weighted by atomic mass is 9.75. The topological polar surface area (TPSA) is 32.3 Å². The second kappa shape index (κ2) is 6.46. The number of benzene rings is 1. The number of hydrogen-bond donors (Lipinski definition) is 2. The van der Waals surface area contributed by atoms with E-state index in [1.54, 1.807) is 0 Å². The number of halogens is 1. The maximum atomic E-state index is 10.2. The highest BCUT2D eigenvalue weighted by atomic mass is 35.5. The molecule has 0 aliphatic heterocycles. The van der Waals surface area contributed by atoms with E-state index in [4.69, 9.17) is 11.6 Å². The molecule has 0 radical (unpaired) electrons. The summed E-state index contributed by atoms with van der Waals surface area (Å²) in [5.41, 5.74) is 1.36. The van der Waals surface area contributed by atoms with E-state index in [0.29, 0.717) is 18.0 Å². The summed E-state index contributed by atoms with van der Waals surface area (Å²) in [5, 5.41) is 14.7. The van der Waals surface area contributed by atoms with Crippen LogP contribution in [0, 0.1) is 0 Å². The van der Waals surface area contributed by atoms with E-state index in [9.17, 15) is 5.11 Å². The fourth-order valence-electron chi connectivity index (χ4n) is 3.57. The van der Waals surface area contributed by atoms with Gasteiger partial charge in [-0.2, -0.15) is 0 Å². The second-order valence-electron chi connectivity index (χ2n) is 6.40. The molecular weight excluding hydrogens is 270 g/mol. The molecule has 20 heavy (non-hydrogen) atoms. The van der Waals surface area contributed by atoms with Crippen molar-refractivity contribution >= 4 is 11.6 Å². The smallest absolute Gasteiger partial charge is 0.0693 e. The molecule has 2 aliphatic rings. The van der Waals surface area contributed by atoms with E-state index < -0.39 is 0 Å². The van der Waals surface area contributed by atoms with Gasteiger partial charge in [0.05, 0.1) is 6.10 Å². The Balaban J connectivity index is 1.50. The minimum Gasteiger partial charge on any atom is -0.392 e. The molecule has 0 spiro atoms. The lowest BCUT2D eigenvalue weighted by molar-refractivity contribution is 0.102. The molecule has 3 heteroatoms. The van der Waals surface area contributed by atoms with Crippen molar-refractivity contribution in [2.24, 2.45) is 0 Å². The van der Waals surface area contributed by atoms with E-state index in [1.165, 1.54) is 37.7 Å². The van der Waals surface area contributed by atoms with Gasteiger partial charge < -0.3 is 10.4 Å². The van der Waals surface area contributed by atoms with Crippen molar-refractivity contribution < 1.29 is 5.11 Å². The molecule has 1 aromatic rings. The van der Waals surface area contributed by atoms with E-state index in [1.807, 2.05) is 12.1 Å². The van der Waals surface area contributed by atoms with Crippen LogP contribution in [0.4, 0.5) is 0 Å². The zero-order valence-electron chi connectivity index (χ0n) is 11.9. The molecule has 2 atom stereocenters. The van der Waals surface area contributed by atoms with Crippen LogP contribution in [0.2, 0.25) is 5.02 Å². The fourth-order valence-corrected chi connectivity index (χ4v) is 3.77. The Morgan fingerprint density at radius 1 is 1.10 bits per heavy atom. The quantitative estimate of drug-likeness (QED) is 0.829. The van der Waals surface area contributed by atoms with E-state index in [2.05, 4.69) is 17.4 Å². The summed E-state index contributed by atoms with van der Waals surface area (Å²) in [7, 11) is 0. The third-order valence-corrected chi connectivity index (χ3v) is 5.12. The van der Waals surface area contributed by atoms with Gasteiger partial charge in [-0.3, -0.25) is 0 Å². The summed E-state index contributed by atoms with van der Waals surface area (Å²) in [5.74, 6) is 0.633. The standard InChI is InChI=1S/C17H24ClNO/c18-14-6-4-5-12(9-14)13-10-15(11-13)19-16-7-2-1-3-8-17(16)20/h4-6,9,13,15-17,19-20H,1-3,7-8,10-11H2. The molecule has 2 unspecified atom stereocenters. The zero-order valence-corrected chi connectivity index (χ0v) is 12.6. The van der Waals surface area contributed by atoms with Crippen LogP contribution < -0.4 is 5.32 Å². The Bertz CT molecular complexity index is 444. The first-order chi connectivity index (χ1) is 9.72. The monoisotopic (exact) mass is 293 g/mol. The van der Waals surface area contributed by atoms with Crippen molar-refractivity contribution in [2.75, 3.05) is 0 Å². The van der Waals surface area contributed by atoms with E-state index in [-0.39, 0.29) is 6.10 Å². The third kappa shape index (κ3) is 3.36. The average molecular weight is 294 g/mol. The molecule has 0 bridgehead atoms. The highest BCUT2D eigenvalue weighted by Crippen LogP contribution is 2.38. The molecule has 0 aromatic heterocycles. The molecule has 3 rings (SSSR count). The van der Waals surface area contributed by atoms with Crippen LogP contribution in [0.25, 0.3) is 0 Å². The number of nitrogens with one attached hydrogen (secondary N) is 1. The summed E-state index contributed by atoms with van der Waals surface area (Å²) in [6.45, 7) is 0. The van der Waals surface area contributed by atoms with Gasteiger partial charge in [-0.05, 0) is 49.3 Å². The van der Waals surface area contributed by atoms with E-state index in [0.717, 1.165) is 17.9 Å². The highest BCUT2D eigenvalue weighted by molar-refractivity contribution is 6.30. The molecule has 1 aromatic carbocycles. The summed E-state index contributed by atoms with van der Waals surface area (Å²) in [6, 6.07) is 9.10. The van der Waals surface area contributed by atoms with Gasteiger partial charge in [0, 0.05) is 17.1 Å². The Morgan fingerprint density at radius 3 is 2.70 bits per heavy atom. The fraction of sp³-hybridized carbons (Fsp3) is 0.647. The minimum atomic E-state index is -0.150. The van der Waals surface area contributed by atoms with Gasteiger partial charge >= 0.3 is 0 Å². The van der Waals surface area contributed by atoms with Gasteiger partial charge in [0.15, 0.2) is 0 Å². The molecule has 0 amide bonds. The molecule has 0 heterocycles. The van der Waals surface area contributed by atoms with Crippen molar-refractivity contribution in [3.63, 3.8) is 0 Å². The Labute approximate surface area is 126 Å². The Kier molecular flexibility index (Phi) is 4.65. The molecule has 2 fully saturated rings. The minimum absolute atomic E-state index is 0.150. The second-order valence-corrected chi connectivity index (χ2v) is 6.84. The van der Waals surface area contributed by atoms with Crippen LogP contribution in [-0.4, -0.2) is 23.3 Å². The van der Waals surface area contributed by atoms with Crippen molar-refractivity contribution in [1.82, 2.24) is 5.32 Å². The maximum absolute atomic E-state index is 10.2. The van der Waals surface area contributed by atoms with Gasteiger partial charge in [0.25, 0.3) is 0 Å². The molecule has 2 saturated carbocycles. The van der Waals surface area contributed by atoms with Crippen molar-refractivity contribution in [2.45, 2.75) is 69.1 Å². The summed E-state index contributed by atoms with van der Waals surface area (Å²) < 4.78 is 0. The molecule has 2 N–H and O–H groups in total.